The van der Waals surface area contributed by atoms with Gasteiger partial charge in [0.05, 0.1) is 5.71 Å². The highest BCUT2D eigenvalue weighted by molar-refractivity contribution is 5.85. The van der Waals surface area contributed by atoms with Crippen LogP contribution in [0.3, 0.4) is 0 Å². The smallest absolute Gasteiger partial charge is 0.0589 e. The number of rotatable bonds is 0. The summed E-state index contributed by atoms with van der Waals surface area (Å²) < 4.78 is 0. The summed E-state index contributed by atoms with van der Waals surface area (Å²) in [5.74, 6) is 1.47. The fourth-order valence-corrected chi connectivity index (χ4v) is 2.98. The van der Waals surface area contributed by atoms with Crippen molar-refractivity contribution in [1.29, 1.82) is 0 Å². The van der Waals surface area contributed by atoms with Gasteiger partial charge in [-0.05, 0) is 31.7 Å². The quantitative estimate of drug-likeness (QED) is 0.399. The third kappa shape index (κ3) is 2.04. The predicted octanol–water partition coefficient (Wildman–Crippen LogP) is -1.43. The third-order valence-corrected chi connectivity index (χ3v) is 3.58. The SMILES string of the molecule is CC1CC2C/C(=N\O)CC1N(C)C2.[Cl-]. The van der Waals surface area contributed by atoms with E-state index in [1.165, 1.54) is 13.0 Å². The molecule has 2 saturated heterocycles. The van der Waals surface area contributed by atoms with E-state index in [2.05, 4.69) is 24.0 Å². The molecule has 3 nitrogen and oxygen atoms in total. The van der Waals surface area contributed by atoms with Crippen LogP contribution in [0.5, 0.6) is 0 Å². The van der Waals surface area contributed by atoms with Gasteiger partial charge >= 0.3 is 0 Å². The average Bonchev–Trinajstić information content (AvgIpc) is 2.32. The number of piperidine rings is 1. The zero-order valence-corrected chi connectivity index (χ0v) is 9.54. The number of hydrogen-bond acceptors (Lipinski definition) is 3. The van der Waals surface area contributed by atoms with Gasteiger partial charge in [-0.25, -0.2) is 0 Å². The van der Waals surface area contributed by atoms with Gasteiger partial charge in [-0.15, -0.1) is 0 Å². The fourth-order valence-electron chi connectivity index (χ4n) is 2.98. The molecule has 82 valence electrons. The van der Waals surface area contributed by atoms with Crippen LogP contribution in [0.2, 0.25) is 0 Å². The molecule has 3 unspecified atom stereocenters. The van der Waals surface area contributed by atoms with E-state index >= 15 is 0 Å². The van der Waals surface area contributed by atoms with E-state index in [1.807, 2.05) is 0 Å². The van der Waals surface area contributed by atoms with Crippen molar-refractivity contribution in [2.75, 3.05) is 13.6 Å². The van der Waals surface area contributed by atoms with Crippen LogP contribution in [-0.2, 0) is 0 Å². The molecule has 4 heteroatoms. The Balaban J connectivity index is 0.000000980. The Morgan fingerprint density at radius 3 is 2.71 bits per heavy atom. The minimum Gasteiger partial charge on any atom is -1.00 e. The maximum Gasteiger partial charge on any atom is 0.0589 e. The maximum atomic E-state index is 8.82. The molecule has 1 saturated carbocycles. The van der Waals surface area contributed by atoms with E-state index in [0.717, 1.165) is 24.5 Å². The first-order valence-electron chi connectivity index (χ1n) is 5.10. The predicted molar refractivity (Wildman–Crippen MR) is 52.1 cm³/mol. The van der Waals surface area contributed by atoms with E-state index < -0.39 is 0 Å². The summed E-state index contributed by atoms with van der Waals surface area (Å²) in [6, 6.07) is 0.602. The molecule has 0 amide bonds. The van der Waals surface area contributed by atoms with Gasteiger partial charge in [-0.3, -0.25) is 0 Å². The Morgan fingerprint density at radius 2 is 2.14 bits per heavy atom. The summed E-state index contributed by atoms with van der Waals surface area (Å²) in [6.07, 6.45) is 3.26. The number of fused-ring (bicyclic) bond motifs is 4. The van der Waals surface area contributed by atoms with Crippen molar-refractivity contribution in [2.45, 2.75) is 32.2 Å². The lowest BCUT2D eigenvalue weighted by molar-refractivity contribution is -0.00000382. The van der Waals surface area contributed by atoms with Crippen molar-refractivity contribution in [1.82, 2.24) is 4.90 Å². The Hall–Kier alpha value is -0.280. The Morgan fingerprint density at radius 1 is 1.43 bits per heavy atom. The highest BCUT2D eigenvalue weighted by Crippen LogP contribution is 2.34. The summed E-state index contributed by atoms with van der Waals surface area (Å²) in [7, 11) is 2.19. The van der Waals surface area contributed by atoms with Crippen LogP contribution >= 0.6 is 0 Å². The molecule has 3 atom stereocenters. The summed E-state index contributed by atoms with van der Waals surface area (Å²) in [4.78, 5) is 2.43. The lowest BCUT2D eigenvalue weighted by Crippen LogP contribution is -3.00. The van der Waals surface area contributed by atoms with Crippen molar-refractivity contribution in [3.63, 3.8) is 0 Å². The molecular formula is C10H18ClN2O-. The van der Waals surface area contributed by atoms with E-state index in [0.29, 0.717) is 12.0 Å². The number of nitrogens with zero attached hydrogens (tertiary/aromatic N) is 2. The Bertz CT molecular complexity index is 220. The average molecular weight is 218 g/mol. The van der Waals surface area contributed by atoms with Gasteiger partial charge in [0, 0.05) is 19.0 Å². The highest BCUT2D eigenvalue weighted by Gasteiger charge is 2.36. The van der Waals surface area contributed by atoms with Crippen molar-refractivity contribution in [2.24, 2.45) is 17.0 Å². The van der Waals surface area contributed by atoms with E-state index in [4.69, 9.17) is 5.21 Å². The largest absolute Gasteiger partial charge is 1.00 e. The number of hydrogen-bond donors (Lipinski definition) is 1. The second-order valence-corrected chi connectivity index (χ2v) is 4.66. The molecule has 14 heavy (non-hydrogen) atoms. The first kappa shape index (κ1) is 11.8. The second kappa shape index (κ2) is 4.49. The standard InChI is InChI=1S/C10H18N2O.ClH/c1-7-3-8-4-9(11-13)5-10(7)12(2)6-8;/h7-8,10,13H,3-6H2,1-2H3;1H/p-1/b11-9+;. The minimum atomic E-state index is 0. The molecule has 2 bridgehead atoms. The number of oxime groups is 1. The lowest BCUT2D eigenvalue weighted by atomic mass is 9.86. The molecule has 1 aliphatic carbocycles. The van der Waals surface area contributed by atoms with Gasteiger partial charge in [0.1, 0.15) is 0 Å². The molecule has 2 aliphatic heterocycles. The van der Waals surface area contributed by atoms with Gasteiger partial charge < -0.3 is 22.5 Å². The molecule has 1 N–H and O–H groups in total. The van der Waals surface area contributed by atoms with Crippen molar-refractivity contribution >= 4 is 5.71 Å². The maximum absolute atomic E-state index is 8.82. The molecule has 0 aromatic heterocycles. The van der Waals surface area contributed by atoms with Crippen molar-refractivity contribution < 1.29 is 17.6 Å². The van der Waals surface area contributed by atoms with E-state index in [-0.39, 0.29) is 12.4 Å². The highest BCUT2D eigenvalue weighted by atomic mass is 35.5. The molecule has 0 aromatic carbocycles. The monoisotopic (exact) mass is 217 g/mol. The summed E-state index contributed by atoms with van der Waals surface area (Å²) in [5, 5.41) is 12.2. The number of halogens is 1. The van der Waals surface area contributed by atoms with Crippen LogP contribution in [0.4, 0.5) is 0 Å². The van der Waals surface area contributed by atoms with Gasteiger partial charge in [0.2, 0.25) is 0 Å². The van der Waals surface area contributed by atoms with Crippen LogP contribution in [0.25, 0.3) is 0 Å². The Labute approximate surface area is 91.6 Å². The first-order valence-corrected chi connectivity index (χ1v) is 5.10. The van der Waals surface area contributed by atoms with E-state index in [9.17, 15) is 0 Å². The van der Waals surface area contributed by atoms with Crippen LogP contribution in [0.15, 0.2) is 5.16 Å². The molecular weight excluding hydrogens is 200 g/mol. The summed E-state index contributed by atoms with van der Waals surface area (Å²) in [6.45, 7) is 3.49. The van der Waals surface area contributed by atoms with Crippen LogP contribution in [-0.4, -0.2) is 35.5 Å². The molecule has 2 heterocycles. The van der Waals surface area contributed by atoms with Gasteiger partial charge in [0.25, 0.3) is 0 Å². The molecule has 3 rings (SSSR count). The fraction of sp³-hybridized carbons (Fsp3) is 0.900. The van der Waals surface area contributed by atoms with Crippen LogP contribution in [0.1, 0.15) is 26.2 Å². The topological polar surface area (TPSA) is 35.8 Å². The minimum absolute atomic E-state index is 0. The molecule has 3 fully saturated rings. The molecule has 0 aromatic rings. The third-order valence-electron chi connectivity index (χ3n) is 3.58. The van der Waals surface area contributed by atoms with Crippen LogP contribution < -0.4 is 12.4 Å². The molecule has 0 spiro atoms. The Kier molecular flexibility index (Phi) is 3.78. The zero-order valence-electron chi connectivity index (χ0n) is 8.78. The normalized spacial score (nSPS) is 40.7. The van der Waals surface area contributed by atoms with E-state index in [1.54, 1.807) is 0 Å². The van der Waals surface area contributed by atoms with Crippen molar-refractivity contribution in [3.8, 4) is 0 Å². The van der Waals surface area contributed by atoms with Gasteiger partial charge in [-0.2, -0.15) is 0 Å². The zero-order chi connectivity index (χ0) is 9.42. The molecule has 0 radical (unpaired) electrons. The summed E-state index contributed by atoms with van der Waals surface area (Å²) in [5.41, 5.74) is 1.00. The van der Waals surface area contributed by atoms with Crippen molar-refractivity contribution in [3.05, 3.63) is 0 Å². The molecule has 3 aliphatic rings. The first-order chi connectivity index (χ1) is 6.20. The summed E-state index contributed by atoms with van der Waals surface area (Å²) >= 11 is 0. The second-order valence-electron chi connectivity index (χ2n) is 4.66. The van der Waals surface area contributed by atoms with Crippen LogP contribution in [0, 0.1) is 11.8 Å². The van der Waals surface area contributed by atoms with Gasteiger partial charge in [0.15, 0.2) is 0 Å². The van der Waals surface area contributed by atoms with Gasteiger partial charge in [-0.1, -0.05) is 12.1 Å². The lowest BCUT2D eigenvalue weighted by Gasteiger charge is -2.38.